The van der Waals surface area contributed by atoms with Crippen LogP contribution in [-0.4, -0.2) is 19.6 Å². The van der Waals surface area contributed by atoms with Gasteiger partial charge in [-0.2, -0.15) is 5.10 Å². The molecule has 5 aromatic rings. The molecule has 3 aromatic heterocycles. The zero-order valence-corrected chi connectivity index (χ0v) is 16.4. The first-order chi connectivity index (χ1) is 14.8. The van der Waals surface area contributed by atoms with E-state index < -0.39 is 0 Å². The van der Waals surface area contributed by atoms with Crippen molar-refractivity contribution in [2.24, 2.45) is 0 Å². The van der Waals surface area contributed by atoms with Gasteiger partial charge in [0.1, 0.15) is 0 Å². The van der Waals surface area contributed by atoms with Gasteiger partial charge in [0, 0.05) is 11.1 Å². The molecule has 0 bridgehead atoms. The Hall–Kier alpha value is -3.73. The number of pyridine rings is 2. The van der Waals surface area contributed by atoms with Crippen LogP contribution >= 0.6 is 0 Å². The molecular formula is C25H20N4O. The lowest BCUT2D eigenvalue weighted by Crippen LogP contribution is -2.10. The highest BCUT2D eigenvalue weighted by Gasteiger charge is 2.20. The Bertz CT molecular complexity index is 1430. The average Bonchev–Trinajstić information content (AvgIpc) is 3.14. The van der Waals surface area contributed by atoms with Gasteiger partial charge < -0.3 is 0 Å². The van der Waals surface area contributed by atoms with Crippen molar-refractivity contribution in [2.75, 3.05) is 0 Å². The fraction of sp³-hybridized carbons (Fsp3) is 0.160. The Labute approximate surface area is 173 Å². The first-order valence-electron chi connectivity index (χ1n) is 10.3. The van der Waals surface area contributed by atoms with Crippen molar-refractivity contribution in [3.05, 3.63) is 88.8 Å². The molecule has 0 spiro atoms. The van der Waals surface area contributed by atoms with Crippen LogP contribution in [0.2, 0.25) is 0 Å². The van der Waals surface area contributed by atoms with Crippen LogP contribution < -0.4 is 5.69 Å². The van der Waals surface area contributed by atoms with Crippen LogP contribution in [0.5, 0.6) is 0 Å². The van der Waals surface area contributed by atoms with E-state index in [1.54, 1.807) is 4.40 Å². The van der Waals surface area contributed by atoms with Gasteiger partial charge in [-0.15, -0.1) is 0 Å². The first kappa shape index (κ1) is 17.2. The second kappa shape index (κ2) is 6.66. The van der Waals surface area contributed by atoms with E-state index >= 15 is 0 Å². The third-order valence-corrected chi connectivity index (χ3v) is 6.21. The fourth-order valence-corrected chi connectivity index (χ4v) is 4.34. The van der Waals surface area contributed by atoms with E-state index in [2.05, 4.69) is 52.7 Å². The average molecular weight is 392 g/mol. The number of fused-ring (bicyclic) bond motifs is 3. The second-order valence-corrected chi connectivity index (χ2v) is 7.96. The van der Waals surface area contributed by atoms with Gasteiger partial charge in [-0.1, -0.05) is 61.0 Å². The molecule has 1 aliphatic carbocycles. The van der Waals surface area contributed by atoms with Crippen LogP contribution in [0.15, 0.2) is 77.6 Å². The molecule has 2 aromatic carbocycles. The van der Waals surface area contributed by atoms with Crippen LogP contribution in [0.1, 0.15) is 30.7 Å². The molecule has 0 radical (unpaired) electrons. The molecule has 30 heavy (non-hydrogen) atoms. The highest BCUT2D eigenvalue weighted by Crippen LogP contribution is 2.38. The number of aromatic nitrogens is 4. The van der Waals surface area contributed by atoms with Gasteiger partial charge in [0.15, 0.2) is 5.65 Å². The summed E-state index contributed by atoms with van der Waals surface area (Å²) < 4.78 is 1.58. The van der Waals surface area contributed by atoms with Crippen molar-refractivity contribution in [3.63, 3.8) is 0 Å². The molecule has 1 fully saturated rings. The molecule has 0 amide bonds. The van der Waals surface area contributed by atoms with Crippen molar-refractivity contribution < 1.29 is 0 Å². The van der Waals surface area contributed by atoms with Gasteiger partial charge in [0.2, 0.25) is 0 Å². The van der Waals surface area contributed by atoms with Gasteiger partial charge in [-0.3, -0.25) is 0 Å². The number of nitrogens with one attached hydrogen (secondary N) is 1. The summed E-state index contributed by atoms with van der Waals surface area (Å²) in [6, 6.07) is 24.8. The van der Waals surface area contributed by atoms with Crippen LogP contribution in [0.3, 0.4) is 0 Å². The van der Waals surface area contributed by atoms with Gasteiger partial charge in [0.25, 0.3) is 0 Å². The Balaban J connectivity index is 1.61. The lowest BCUT2D eigenvalue weighted by Gasteiger charge is -2.25. The van der Waals surface area contributed by atoms with Crippen molar-refractivity contribution in [1.29, 1.82) is 0 Å². The number of H-pyrrole nitrogens is 1. The lowest BCUT2D eigenvalue weighted by atomic mass is 9.80. The maximum atomic E-state index is 12.3. The molecule has 0 atom stereocenters. The molecule has 5 nitrogen and oxygen atoms in total. The number of hydrogen-bond acceptors (Lipinski definition) is 3. The quantitative estimate of drug-likeness (QED) is 0.461. The van der Waals surface area contributed by atoms with Crippen molar-refractivity contribution in [3.8, 4) is 22.4 Å². The number of aromatic amines is 1. The van der Waals surface area contributed by atoms with Crippen molar-refractivity contribution in [1.82, 2.24) is 19.6 Å². The summed E-state index contributed by atoms with van der Waals surface area (Å²) in [4.78, 5) is 17.3. The van der Waals surface area contributed by atoms with Crippen LogP contribution in [0, 0.1) is 0 Å². The number of nitrogens with zero attached hydrogens (tertiary/aromatic N) is 3. The van der Waals surface area contributed by atoms with E-state index in [0.717, 1.165) is 33.4 Å². The number of benzene rings is 2. The van der Waals surface area contributed by atoms with Gasteiger partial charge in [-0.25, -0.2) is 19.3 Å². The van der Waals surface area contributed by atoms with E-state index in [1.807, 2.05) is 30.3 Å². The van der Waals surface area contributed by atoms with E-state index in [0.29, 0.717) is 11.6 Å². The normalized spacial score (nSPS) is 14.3. The molecule has 1 N–H and O–H groups in total. The molecule has 0 aliphatic heterocycles. The molecule has 146 valence electrons. The third kappa shape index (κ3) is 2.66. The molecule has 0 saturated heterocycles. The minimum Gasteiger partial charge on any atom is -0.246 e. The monoisotopic (exact) mass is 392 g/mol. The van der Waals surface area contributed by atoms with Crippen molar-refractivity contribution in [2.45, 2.75) is 25.2 Å². The summed E-state index contributed by atoms with van der Waals surface area (Å²) in [6.45, 7) is 0. The molecule has 1 saturated carbocycles. The Morgan fingerprint density at radius 2 is 1.70 bits per heavy atom. The smallest absolute Gasteiger partial charge is 0.246 e. The molecule has 1 aliphatic rings. The molecular weight excluding hydrogens is 372 g/mol. The molecule has 3 heterocycles. The zero-order chi connectivity index (χ0) is 20.1. The molecule has 6 rings (SSSR count). The highest BCUT2D eigenvalue weighted by molar-refractivity contribution is 5.91. The minimum absolute atomic E-state index is 0.256. The molecule has 0 unspecified atom stereocenters. The topological polar surface area (TPSA) is 63.0 Å². The SMILES string of the molecule is O=c1[nH]nc2ccc3nc(-c4ccc(C5CCC5)cc4)c(-c4ccccc4)cc3n12. The maximum Gasteiger partial charge on any atom is 0.348 e. The van der Waals surface area contributed by atoms with E-state index in [9.17, 15) is 4.79 Å². The predicted octanol–water partition coefficient (Wildman–Crippen LogP) is 5.17. The van der Waals surface area contributed by atoms with Crippen LogP contribution in [0.25, 0.3) is 39.1 Å². The summed E-state index contributed by atoms with van der Waals surface area (Å²) in [5.74, 6) is 0.707. The largest absolute Gasteiger partial charge is 0.348 e. The lowest BCUT2D eigenvalue weighted by molar-refractivity contribution is 0.420. The summed E-state index contributed by atoms with van der Waals surface area (Å²) in [6.07, 6.45) is 3.91. The standard InChI is InChI=1S/C25H20N4O/c30-25-28-27-23-14-13-21-22(29(23)25)15-20(18-5-2-1-3-6-18)24(26-21)19-11-9-17(10-12-19)16-7-4-8-16/h1-3,5-6,9-16H,4,7-8H2,(H,28,30). The van der Waals surface area contributed by atoms with E-state index in [4.69, 9.17) is 4.98 Å². The highest BCUT2D eigenvalue weighted by atomic mass is 16.1. The van der Waals surface area contributed by atoms with Crippen LogP contribution in [-0.2, 0) is 0 Å². The Kier molecular flexibility index (Phi) is 3.81. The van der Waals surface area contributed by atoms with Gasteiger partial charge in [0.05, 0.1) is 16.7 Å². The Morgan fingerprint density at radius 1 is 0.900 bits per heavy atom. The number of hydrogen-bond donors (Lipinski definition) is 1. The summed E-state index contributed by atoms with van der Waals surface area (Å²) >= 11 is 0. The summed E-state index contributed by atoms with van der Waals surface area (Å²) in [7, 11) is 0. The van der Waals surface area contributed by atoms with Crippen molar-refractivity contribution >= 4 is 16.7 Å². The number of rotatable bonds is 3. The summed E-state index contributed by atoms with van der Waals surface area (Å²) in [5, 5.41) is 6.62. The van der Waals surface area contributed by atoms with E-state index in [-0.39, 0.29) is 5.69 Å². The third-order valence-electron chi connectivity index (χ3n) is 6.21. The van der Waals surface area contributed by atoms with Crippen LogP contribution in [0.4, 0.5) is 0 Å². The maximum absolute atomic E-state index is 12.3. The zero-order valence-electron chi connectivity index (χ0n) is 16.4. The molecule has 5 heteroatoms. The van der Waals surface area contributed by atoms with Gasteiger partial charge >= 0.3 is 5.69 Å². The first-order valence-corrected chi connectivity index (χ1v) is 10.3. The second-order valence-electron chi connectivity index (χ2n) is 7.96. The summed E-state index contributed by atoms with van der Waals surface area (Å²) in [5.41, 5.74) is 7.34. The van der Waals surface area contributed by atoms with E-state index in [1.165, 1.54) is 24.8 Å². The fourth-order valence-electron chi connectivity index (χ4n) is 4.34. The van der Waals surface area contributed by atoms with Gasteiger partial charge in [-0.05, 0) is 48.1 Å². The predicted molar refractivity (Wildman–Crippen MR) is 119 cm³/mol. The Morgan fingerprint density at radius 3 is 2.43 bits per heavy atom. The minimum atomic E-state index is -0.256.